The summed E-state index contributed by atoms with van der Waals surface area (Å²) in [5.41, 5.74) is 2.53. The Morgan fingerprint density at radius 2 is 1.86 bits per heavy atom. The lowest BCUT2D eigenvalue weighted by Crippen LogP contribution is -2.50. The van der Waals surface area contributed by atoms with Gasteiger partial charge >= 0.3 is 0 Å². The van der Waals surface area contributed by atoms with Gasteiger partial charge in [-0.25, -0.2) is 0 Å². The number of hydrogen-bond donors (Lipinski definition) is 1. The maximum absolute atomic E-state index is 10.2. The highest BCUT2D eigenvalue weighted by atomic mass is 16.3. The maximum Gasteiger partial charge on any atom is 0.0577 e. The second-order valence-electron chi connectivity index (χ2n) is 11.8. The molecule has 1 heteroatoms. The number of fused-ring (bicyclic) bond motifs is 5. The summed E-state index contributed by atoms with van der Waals surface area (Å²) in [6.07, 6.45) is 18.9. The van der Waals surface area contributed by atoms with Gasteiger partial charge in [0.15, 0.2) is 0 Å². The van der Waals surface area contributed by atoms with Gasteiger partial charge in [-0.05, 0) is 104 Å². The van der Waals surface area contributed by atoms with Crippen molar-refractivity contribution in [3.05, 3.63) is 23.8 Å². The van der Waals surface area contributed by atoms with E-state index in [-0.39, 0.29) is 6.10 Å². The number of aliphatic hydroxyl groups excluding tert-OH is 1. The molecule has 4 rings (SSSR count). The van der Waals surface area contributed by atoms with Crippen LogP contribution in [0, 0.1) is 46.3 Å². The fourth-order valence-corrected chi connectivity index (χ4v) is 8.25. The molecule has 0 heterocycles. The van der Waals surface area contributed by atoms with E-state index in [1.54, 1.807) is 5.57 Å². The molecule has 0 aromatic carbocycles. The van der Waals surface area contributed by atoms with E-state index in [1.165, 1.54) is 44.9 Å². The quantitative estimate of drug-likeness (QED) is 0.510. The zero-order chi connectivity index (χ0) is 20.1. The van der Waals surface area contributed by atoms with Gasteiger partial charge in [0.2, 0.25) is 0 Å². The number of aliphatic hydroxyl groups is 1. The van der Waals surface area contributed by atoms with Gasteiger partial charge in [-0.15, -0.1) is 0 Å². The standard InChI is InChI=1S/C27H44O/c1-18(2)7-6-8-19(3)23-11-12-24-22-10-9-20-17-21(28)13-15-26(20,4)25(22)14-16-27(23,24)5/h6,8-9,18-19,21-25,28H,7,10-17H2,1-5H3/b8-6+/t19-,21+,22?,23-,24?,25?,26+,27-/m1/s1. The first-order valence-corrected chi connectivity index (χ1v) is 12.3. The van der Waals surface area contributed by atoms with Crippen LogP contribution in [-0.2, 0) is 0 Å². The van der Waals surface area contributed by atoms with Crippen molar-refractivity contribution in [2.24, 2.45) is 46.3 Å². The molecule has 4 aliphatic rings. The first kappa shape index (κ1) is 20.7. The molecule has 3 saturated carbocycles. The van der Waals surface area contributed by atoms with Crippen LogP contribution >= 0.6 is 0 Å². The van der Waals surface area contributed by atoms with E-state index in [9.17, 15) is 5.11 Å². The largest absolute Gasteiger partial charge is 0.393 e. The van der Waals surface area contributed by atoms with Crippen molar-refractivity contribution in [1.82, 2.24) is 0 Å². The van der Waals surface area contributed by atoms with Crippen molar-refractivity contribution in [3.8, 4) is 0 Å². The lowest BCUT2D eigenvalue weighted by atomic mass is 9.47. The molecule has 0 aromatic rings. The maximum atomic E-state index is 10.2. The zero-order valence-electron chi connectivity index (χ0n) is 19.1. The van der Waals surface area contributed by atoms with Gasteiger partial charge in [0, 0.05) is 0 Å². The Kier molecular flexibility index (Phi) is 5.62. The molecule has 0 spiro atoms. The van der Waals surface area contributed by atoms with Crippen LogP contribution in [0.3, 0.4) is 0 Å². The second kappa shape index (κ2) is 7.60. The Balaban J connectivity index is 1.53. The van der Waals surface area contributed by atoms with Gasteiger partial charge in [-0.2, -0.15) is 0 Å². The van der Waals surface area contributed by atoms with E-state index in [0.717, 1.165) is 48.3 Å². The van der Waals surface area contributed by atoms with Crippen molar-refractivity contribution < 1.29 is 5.11 Å². The fourth-order valence-electron chi connectivity index (χ4n) is 8.25. The van der Waals surface area contributed by atoms with E-state index < -0.39 is 0 Å². The van der Waals surface area contributed by atoms with Gasteiger partial charge < -0.3 is 5.11 Å². The molecule has 0 aliphatic heterocycles. The highest BCUT2D eigenvalue weighted by Gasteiger charge is 2.58. The minimum atomic E-state index is -0.0842. The molecule has 0 radical (unpaired) electrons. The van der Waals surface area contributed by atoms with Crippen molar-refractivity contribution in [2.45, 2.75) is 98.5 Å². The van der Waals surface area contributed by atoms with Crippen LogP contribution in [0.15, 0.2) is 23.8 Å². The Hall–Kier alpha value is -0.560. The summed E-state index contributed by atoms with van der Waals surface area (Å²) in [4.78, 5) is 0. The average Bonchev–Trinajstić information content (AvgIpc) is 2.99. The highest BCUT2D eigenvalue weighted by Crippen LogP contribution is 2.67. The summed E-state index contributed by atoms with van der Waals surface area (Å²) in [5.74, 6) is 5.03. The Morgan fingerprint density at radius 1 is 1.07 bits per heavy atom. The fraction of sp³-hybridized carbons (Fsp3) is 0.852. The van der Waals surface area contributed by atoms with Gasteiger partial charge in [-0.1, -0.05) is 58.4 Å². The smallest absolute Gasteiger partial charge is 0.0577 e. The number of hydrogen-bond acceptors (Lipinski definition) is 1. The van der Waals surface area contributed by atoms with Crippen LogP contribution in [0.4, 0.5) is 0 Å². The molecule has 3 fully saturated rings. The van der Waals surface area contributed by atoms with Gasteiger partial charge in [0.1, 0.15) is 0 Å². The Morgan fingerprint density at radius 3 is 2.61 bits per heavy atom. The van der Waals surface area contributed by atoms with E-state index in [2.05, 4.69) is 52.8 Å². The number of allylic oxidation sites excluding steroid dienone is 3. The minimum Gasteiger partial charge on any atom is -0.393 e. The molecule has 0 bridgehead atoms. The minimum absolute atomic E-state index is 0.0842. The summed E-state index contributed by atoms with van der Waals surface area (Å²) in [7, 11) is 0. The van der Waals surface area contributed by atoms with Crippen molar-refractivity contribution in [2.75, 3.05) is 0 Å². The zero-order valence-corrected chi connectivity index (χ0v) is 19.1. The highest BCUT2D eigenvalue weighted by molar-refractivity contribution is 5.25. The molecular formula is C27H44O. The summed E-state index contributed by atoms with van der Waals surface area (Å²) in [6, 6.07) is 0. The van der Waals surface area contributed by atoms with E-state index >= 15 is 0 Å². The van der Waals surface area contributed by atoms with Crippen LogP contribution < -0.4 is 0 Å². The van der Waals surface area contributed by atoms with Crippen LogP contribution in [0.1, 0.15) is 92.4 Å². The normalized spacial score (nSPS) is 46.8. The molecule has 28 heavy (non-hydrogen) atoms. The van der Waals surface area contributed by atoms with E-state index in [1.807, 2.05) is 0 Å². The first-order chi connectivity index (χ1) is 13.3. The van der Waals surface area contributed by atoms with E-state index in [0.29, 0.717) is 10.8 Å². The molecule has 0 saturated heterocycles. The van der Waals surface area contributed by atoms with Crippen molar-refractivity contribution >= 4 is 0 Å². The lowest BCUT2D eigenvalue weighted by molar-refractivity contribution is -0.0540. The molecule has 0 aromatic heterocycles. The van der Waals surface area contributed by atoms with Crippen molar-refractivity contribution in [1.29, 1.82) is 0 Å². The van der Waals surface area contributed by atoms with E-state index in [4.69, 9.17) is 0 Å². The molecule has 4 aliphatic carbocycles. The summed E-state index contributed by atoms with van der Waals surface area (Å²) in [5, 5.41) is 10.2. The summed E-state index contributed by atoms with van der Waals surface area (Å²) >= 11 is 0. The third-order valence-electron chi connectivity index (χ3n) is 9.83. The predicted molar refractivity (Wildman–Crippen MR) is 119 cm³/mol. The molecule has 0 amide bonds. The van der Waals surface area contributed by atoms with Gasteiger partial charge in [-0.3, -0.25) is 0 Å². The second-order valence-corrected chi connectivity index (χ2v) is 11.8. The van der Waals surface area contributed by atoms with Crippen LogP contribution in [0.25, 0.3) is 0 Å². The molecule has 1 nitrogen and oxygen atoms in total. The summed E-state index contributed by atoms with van der Waals surface area (Å²) < 4.78 is 0. The monoisotopic (exact) mass is 384 g/mol. The van der Waals surface area contributed by atoms with Crippen LogP contribution in [0.5, 0.6) is 0 Å². The van der Waals surface area contributed by atoms with Crippen molar-refractivity contribution in [3.63, 3.8) is 0 Å². The SMILES string of the molecule is CC(C)C/C=C/[C@@H](C)[C@H]1CCC2C3CC=C4C[C@@H](O)CC[C@]4(C)C3CC[C@@]21C. The third kappa shape index (κ3) is 3.34. The number of rotatable bonds is 4. The molecule has 8 atom stereocenters. The summed E-state index contributed by atoms with van der Waals surface area (Å²) in [6.45, 7) is 12.3. The van der Waals surface area contributed by atoms with Gasteiger partial charge in [0.05, 0.1) is 6.10 Å². The average molecular weight is 385 g/mol. The first-order valence-electron chi connectivity index (χ1n) is 12.3. The predicted octanol–water partition coefficient (Wildman–Crippen LogP) is 7.16. The molecule has 158 valence electrons. The third-order valence-corrected chi connectivity index (χ3v) is 9.83. The molecule has 1 N–H and O–H groups in total. The Labute approximate surface area is 174 Å². The van der Waals surface area contributed by atoms with Crippen LogP contribution in [-0.4, -0.2) is 11.2 Å². The molecule has 3 unspecified atom stereocenters. The lowest BCUT2D eigenvalue weighted by Gasteiger charge is -2.58. The Bertz CT molecular complexity index is 630. The molecular weight excluding hydrogens is 340 g/mol. The van der Waals surface area contributed by atoms with Gasteiger partial charge in [0.25, 0.3) is 0 Å². The van der Waals surface area contributed by atoms with Crippen LogP contribution in [0.2, 0.25) is 0 Å². The topological polar surface area (TPSA) is 20.2 Å².